The molecule has 0 unspecified atom stereocenters. The molecule has 0 saturated carbocycles. The molecule has 0 aromatic rings. The normalized spacial score (nSPS) is 13.1. The van der Waals surface area contributed by atoms with E-state index in [0.717, 1.165) is 4.23 Å². The third kappa shape index (κ3) is 3.57. The summed E-state index contributed by atoms with van der Waals surface area (Å²) in [5.74, 6) is -1.77. The van der Waals surface area contributed by atoms with Crippen molar-refractivity contribution in [2.45, 2.75) is 32.4 Å². The number of rotatable bonds is 4. The van der Waals surface area contributed by atoms with Gasteiger partial charge in [0.2, 0.25) is 0 Å². The van der Waals surface area contributed by atoms with Crippen LogP contribution in [0.25, 0.3) is 0 Å². The average molecular weight is 281 g/mol. The molecule has 17 heavy (non-hydrogen) atoms. The van der Waals surface area contributed by atoms with Gasteiger partial charge in [-0.1, -0.05) is 11.4 Å². The van der Waals surface area contributed by atoms with Crippen LogP contribution >= 0.6 is 0 Å². The number of amides is 1. The Kier molecular flexibility index (Phi) is 4.58. The van der Waals surface area contributed by atoms with Gasteiger partial charge in [-0.25, -0.2) is 0 Å². The third-order valence-electron chi connectivity index (χ3n) is 2.60. The van der Waals surface area contributed by atoms with Crippen LogP contribution in [0.5, 0.6) is 0 Å². The molecule has 1 amide bonds. The molecule has 0 aliphatic carbocycles. The van der Waals surface area contributed by atoms with E-state index in [4.69, 9.17) is 0 Å². The summed E-state index contributed by atoms with van der Waals surface area (Å²) in [6.45, 7) is 13.8. The summed E-state index contributed by atoms with van der Waals surface area (Å²) in [4.78, 5) is 11.6. The molecular formula is C10H18F3NOSi2. The molecule has 0 aliphatic rings. The maximum atomic E-state index is 12.6. The summed E-state index contributed by atoms with van der Waals surface area (Å²) in [6.07, 6.45) is -4.85. The van der Waals surface area contributed by atoms with Gasteiger partial charge in [0.15, 0.2) is 16.5 Å². The van der Waals surface area contributed by atoms with Crippen LogP contribution in [0.4, 0.5) is 13.2 Å². The molecule has 0 atom stereocenters. The second kappa shape index (κ2) is 4.81. The molecule has 2 nitrogen and oxygen atoms in total. The maximum absolute atomic E-state index is 12.6. The molecule has 0 saturated heterocycles. The molecule has 0 aliphatic heterocycles. The SMILES string of the molecule is C=C[Si](C)(C)N(C(=O)C(F)(F)F)[Si](C)(C)C=C. The van der Waals surface area contributed by atoms with E-state index in [0.29, 0.717) is 0 Å². The Morgan fingerprint density at radius 1 is 1.06 bits per heavy atom. The summed E-state index contributed by atoms with van der Waals surface area (Å²) >= 11 is 0. The molecule has 98 valence electrons. The number of hydrogen-bond donors (Lipinski definition) is 0. The van der Waals surface area contributed by atoms with Gasteiger partial charge >= 0.3 is 12.1 Å². The fourth-order valence-corrected chi connectivity index (χ4v) is 9.73. The minimum Gasteiger partial charge on any atom is -0.381 e. The van der Waals surface area contributed by atoms with Crippen LogP contribution in [0.3, 0.4) is 0 Å². The van der Waals surface area contributed by atoms with Gasteiger partial charge in [-0.15, -0.1) is 13.2 Å². The van der Waals surface area contributed by atoms with Crippen molar-refractivity contribution in [2.75, 3.05) is 0 Å². The first-order valence-corrected chi connectivity index (χ1v) is 11.1. The summed E-state index contributed by atoms with van der Waals surface area (Å²) in [7, 11) is -5.24. The monoisotopic (exact) mass is 281 g/mol. The lowest BCUT2D eigenvalue weighted by molar-refractivity contribution is -0.177. The van der Waals surface area contributed by atoms with E-state index in [1.807, 2.05) is 0 Å². The van der Waals surface area contributed by atoms with Gasteiger partial charge in [0, 0.05) is 0 Å². The fraction of sp³-hybridized carbons (Fsp3) is 0.500. The highest BCUT2D eigenvalue weighted by Crippen LogP contribution is 2.28. The zero-order valence-corrected chi connectivity index (χ0v) is 12.6. The lowest BCUT2D eigenvalue weighted by Gasteiger charge is -2.44. The Morgan fingerprint density at radius 2 is 1.35 bits per heavy atom. The Balaban J connectivity index is 5.67. The molecule has 0 heterocycles. The Labute approximate surface area is 102 Å². The first-order valence-electron chi connectivity index (χ1n) is 5.09. The minimum absolute atomic E-state index is 1.01. The number of carbonyl (C=O) groups is 1. The topological polar surface area (TPSA) is 20.3 Å². The molecule has 7 heteroatoms. The van der Waals surface area contributed by atoms with E-state index in [1.54, 1.807) is 26.2 Å². The van der Waals surface area contributed by atoms with Gasteiger partial charge in [-0.2, -0.15) is 13.2 Å². The van der Waals surface area contributed by atoms with Crippen molar-refractivity contribution < 1.29 is 18.0 Å². The van der Waals surface area contributed by atoms with Crippen molar-refractivity contribution in [1.29, 1.82) is 0 Å². The Morgan fingerprint density at radius 3 is 1.53 bits per heavy atom. The van der Waals surface area contributed by atoms with Crippen molar-refractivity contribution in [3.63, 3.8) is 0 Å². The molecule has 0 aromatic carbocycles. The van der Waals surface area contributed by atoms with Crippen molar-refractivity contribution in [3.8, 4) is 0 Å². The highest BCUT2D eigenvalue weighted by atomic mass is 28.4. The summed E-state index contributed by atoms with van der Waals surface area (Å²) in [6, 6.07) is 0. The Bertz CT molecular complexity index is 317. The predicted molar refractivity (Wildman–Crippen MR) is 68.3 cm³/mol. The van der Waals surface area contributed by atoms with Crippen LogP contribution in [-0.4, -0.2) is 32.8 Å². The predicted octanol–water partition coefficient (Wildman–Crippen LogP) is 3.24. The fourth-order valence-electron chi connectivity index (χ4n) is 1.58. The van der Waals surface area contributed by atoms with Crippen molar-refractivity contribution in [2.24, 2.45) is 0 Å². The maximum Gasteiger partial charge on any atom is 0.469 e. The first kappa shape index (κ1) is 16.2. The van der Waals surface area contributed by atoms with Crippen molar-refractivity contribution in [3.05, 3.63) is 24.6 Å². The summed E-state index contributed by atoms with van der Waals surface area (Å²) in [5.41, 5.74) is 2.96. The van der Waals surface area contributed by atoms with Crippen molar-refractivity contribution >= 4 is 22.4 Å². The van der Waals surface area contributed by atoms with E-state index >= 15 is 0 Å². The summed E-state index contributed by atoms with van der Waals surface area (Å²) < 4.78 is 38.9. The molecule has 0 spiro atoms. The van der Waals surface area contributed by atoms with Crippen LogP contribution in [0, 0.1) is 0 Å². The second-order valence-electron chi connectivity index (χ2n) is 4.85. The molecule has 0 rings (SSSR count). The molecule has 0 fully saturated rings. The smallest absolute Gasteiger partial charge is 0.381 e. The first-order chi connectivity index (χ1) is 7.40. The molecule has 0 N–H and O–H groups in total. The molecule has 0 radical (unpaired) electrons. The zero-order valence-electron chi connectivity index (χ0n) is 10.6. The van der Waals surface area contributed by atoms with Gasteiger partial charge in [-0.3, -0.25) is 4.79 Å². The minimum atomic E-state index is -4.85. The number of halogens is 3. The van der Waals surface area contributed by atoms with Gasteiger partial charge < -0.3 is 4.23 Å². The molecule has 0 bridgehead atoms. The summed E-state index contributed by atoms with van der Waals surface area (Å²) in [5, 5.41) is 0. The van der Waals surface area contributed by atoms with E-state index in [9.17, 15) is 18.0 Å². The largest absolute Gasteiger partial charge is 0.469 e. The lowest BCUT2D eigenvalue weighted by atomic mass is 10.6. The van der Waals surface area contributed by atoms with Crippen LogP contribution in [0.1, 0.15) is 0 Å². The van der Waals surface area contributed by atoms with Crippen LogP contribution < -0.4 is 0 Å². The van der Waals surface area contributed by atoms with E-state index in [-0.39, 0.29) is 0 Å². The highest BCUT2D eigenvalue weighted by Gasteiger charge is 2.51. The molecule has 0 aromatic heterocycles. The van der Waals surface area contributed by atoms with Gasteiger partial charge in [0.25, 0.3) is 0 Å². The molecular weight excluding hydrogens is 263 g/mol. The standard InChI is InChI=1S/C10H18F3NOSi2/c1-7-16(3,4)14(17(5,6)8-2)9(15)10(11,12)13/h7-8H,1-2H2,3-6H3. The average Bonchev–Trinajstić information content (AvgIpc) is 2.15. The van der Waals surface area contributed by atoms with Crippen LogP contribution in [-0.2, 0) is 4.79 Å². The number of nitrogens with zero attached hydrogens (tertiary/aromatic N) is 1. The lowest BCUT2D eigenvalue weighted by Crippen LogP contribution is -2.65. The van der Waals surface area contributed by atoms with Gasteiger partial charge in [-0.05, 0) is 26.2 Å². The van der Waals surface area contributed by atoms with Gasteiger partial charge in [0.05, 0.1) is 0 Å². The van der Waals surface area contributed by atoms with E-state index in [2.05, 4.69) is 13.2 Å². The third-order valence-corrected chi connectivity index (χ3v) is 10.8. The number of alkyl halides is 3. The van der Waals surface area contributed by atoms with Crippen LogP contribution in [0.2, 0.25) is 26.2 Å². The quantitative estimate of drug-likeness (QED) is 0.724. The zero-order chi connectivity index (χ0) is 14.1. The van der Waals surface area contributed by atoms with E-state index < -0.39 is 28.6 Å². The number of hydrogen-bond acceptors (Lipinski definition) is 1. The second-order valence-corrected chi connectivity index (χ2v) is 13.6. The Hall–Kier alpha value is -0.826. The van der Waals surface area contributed by atoms with Gasteiger partial charge in [0.1, 0.15) is 0 Å². The number of carbonyl (C=O) groups excluding carboxylic acids is 1. The van der Waals surface area contributed by atoms with Crippen LogP contribution in [0.15, 0.2) is 24.6 Å². The van der Waals surface area contributed by atoms with Crippen molar-refractivity contribution in [1.82, 2.24) is 4.23 Å². The highest BCUT2D eigenvalue weighted by molar-refractivity contribution is 6.97. The van der Waals surface area contributed by atoms with E-state index in [1.165, 1.54) is 11.4 Å².